The number of likely N-dealkylation sites (tertiary alicyclic amines) is 1. The zero-order valence-electron chi connectivity index (χ0n) is 17.6. The highest BCUT2D eigenvalue weighted by Gasteiger charge is 2.21. The highest BCUT2D eigenvalue weighted by atomic mass is 19.1. The number of aromatic nitrogens is 2. The van der Waals surface area contributed by atoms with E-state index in [9.17, 15) is 0 Å². The number of hydrogen-bond acceptors (Lipinski definition) is 5. The van der Waals surface area contributed by atoms with Gasteiger partial charge in [-0.2, -0.15) is 15.3 Å². The van der Waals surface area contributed by atoms with Gasteiger partial charge in [-0.15, -0.1) is 0 Å². The lowest BCUT2D eigenvalue weighted by Crippen LogP contribution is -2.29. The first-order chi connectivity index (χ1) is 13.9. The van der Waals surface area contributed by atoms with Crippen LogP contribution >= 0.6 is 0 Å². The van der Waals surface area contributed by atoms with Gasteiger partial charge in [0.05, 0.1) is 23.5 Å². The minimum Gasteiger partial charge on any atom is -0.306 e. The van der Waals surface area contributed by atoms with E-state index in [1.54, 1.807) is 6.07 Å². The molecular formula is C23H28FN5. The number of allylic oxidation sites excluding steroid dienone is 2. The van der Waals surface area contributed by atoms with Gasteiger partial charge in [-0.3, -0.25) is 5.01 Å². The normalized spacial score (nSPS) is 18.6. The molecule has 0 atom stereocenters. The van der Waals surface area contributed by atoms with Gasteiger partial charge < -0.3 is 4.90 Å². The van der Waals surface area contributed by atoms with Crippen LogP contribution in [-0.2, 0) is 0 Å². The fourth-order valence-corrected chi connectivity index (χ4v) is 4.02. The lowest BCUT2D eigenvalue weighted by atomic mass is 9.93. The third-order valence-corrected chi connectivity index (χ3v) is 5.54. The molecule has 0 aliphatic carbocycles. The van der Waals surface area contributed by atoms with Crippen LogP contribution in [0.15, 0.2) is 46.7 Å². The molecule has 4 rings (SSSR count). The third kappa shape index (κ3) is 4.37. The van der Waals surface area contributed by atoms with Crippen LogP contribution in [0.4, 0.5) is 4.39 Å². The summed E-state index contributed by atoms with van der Waals surface area (Å²) in [5.74, 6) is 0.0859. The van der Waals surface area contributed by atoms with Crippen LogP contribution in [0, 0.1) is 5.82 Å². The molecule has 0 bridgehead atoms. The summed E-state index contributed by atoms with van der Waals surface area (Å²) >= 11 is 0. The maximum Gasteiger partial charge on any atom is 0.133 e. The molecule has 1 aromatic heterocycles. The van der Waals surface area contributed by atoms with E-state index in [1.807, 2.05) is 43.3 Å². The summed E-state index contributed by atoms with van der Waals surface area (Å²) in [4.78, 5) is 2.32. The van der Waals surface area contributed by atoms with Gasteiger partial charge in [-0.25, -0.2) is 4.39 Å². The van der Waals surface area contributed by atoms with Crippen LogP contribution in [0.5, 0.6) is 0 Å². The van der Waals surface area contributed by atoms with Gasteiger partial charge in [0.25, 0.3) is 0 Å². The second-order valence-corrected chi connectivity index (χ2v) is 8.52. The van der Waals surface area contributed by atoms with Crippen molar-refractivity contribution >= 4 is 16.6 Å². The molecule has 6 heteroatoms. The minimum absolute atomic E-state index is 0.269. The van der Waals surface area contributed by atoms with E-state index in [0.717, 1.165) is 49.4 Å². The average Bonchev–Trinajstić information content (AvgIpc) is 2.67. The van der Waals surface area contributed by atoms with Crippen molar-refractivity contribution in [1.29, 1.82) is 0 Å². The van der Waals surface area contributed by atoms with Crippen LogP contribution in [0.1, 0.15) is 50.8 Å². The Kier molecular flexibility index (Phi) is 5.46. The summed E-state index contributed by atoms with van der Waals surface area (Å²) in [6, 6.07) is 5.34. The zero-order chi connectivity index (χ0) is 20.5. The molecule has 0 unspecified atom stereocenters. The summed E-state index contributed by atoms with van der Waals surface area (Å²) in [5, 5.41) is 15.9. The molecule has 29 heavy (non-hydrogen) atoms. The monoisotopic (exact) mass is 393 g/mol. The van der Waals surface area contributed by atoms with Crippen molar-refractivity contribution in [2.45, 2.75) is 39.5 Å². The SMILES string of the molecule is CC(C)=CN1CC(C)=CC(c2cc(F)c3cc(C4CCN(C)CC4)nnc3c2)=N1. The lowest BCUT2D eigenvalue weighted by Gasteiger charge is -2.28. The molecule has 0 saturated carbocycles. The maximum absolute atomic E-state index is 15.0. The number of benzene rings is 1. The van der Waals surface area contributed by atoms with E-state index >= 15 is 4.39 Å². The van der Waals surface area contributed by atoms with Gasteiger partial charge in [-0.1, -0.05) is 5.57 Å². The number of halogens is 1. The molecule has 1 saturated heterocycles. The second-order valence-electron chi connectivity index (χ2n) is 8.52. The number of hydrogen-bond donors (Lipinski definition) is 0. The molecular weight excluding hydrogens is 365 g/mol. The molecule has 0 spiro atoms. The van der Waals surface area contributed by atoms with E-state index in [2.05, 4.69) is 34.2 Å². The first kappa shape index (κ1) is 19.7. The Morgan fingerprint density at radius 1 is 1.14 bits per heavy atom. The number of nitrogens with zero attached hydrogens (tertiary/aromatic N) is 5. The highest BCUT2D eigenvalue weighted by molar-refractivity contribution is 6.10. The first-order valence-electron chi connectivity index (χ1n) is 10.2. The average molecular weight is 394 g/mol. The maximum atomic E-state index is 15.0. The van der Waals surface area contributed by atoms with Crippen LogP contribution in [0.3, 0.4) is 0 Å². The molecule has 1 fully saturated rings. The van der Waals surface area contributed by atoms with Crippen molar-refractivity contribution < 1.29 is 4.39 Å². The Bertz CT molecular complexity index is 1010. The topological polar surface area (TPSA) is 44.6 Å². The van der Waals surface area contributed by atoms with E-state index in [0.29, 0.717) is 16.8 Å². The number of hydrazone groups is 1. The molecule has 2 aliphatic heterocycles. The molecule has 0 N–H and O–H groups in total. The second kappa shape index (κ2) is 8.03. The van der Waals surface area contributed by atoms with Crippen LogP contribution in [0.2, 0.25) is 0 Å². The van der Waals surface area contributed by atoms with Crippen LogP contribution < -0.4 is 0 Å². The van der Waals surface area contributed by atoms with Crippen molar-refractivity contribution in [2.75, 3.05) is 26.7 Å². The molecule has 5 nitrogen and oxygen atoms in total. The molecule has 2 aromatic rings. The smallest absolute Gasteiger partial charge is 0.133 e. The molecule has 2 aliphatic rings. The Balaban J connectivity index is 1.68. The minimum atomic E-state index is -0.269. The number of piperidine rings is 1. The van der Waals surface area contributed by atoms with Gasteiger partial charge in [0, 0.05) is 23.1 Å². The fourth-order valence-electron chi connectivity index (χ4n) is 4.02. The Morgan fingerprint density at radius 3 is 2.62 bits per heavy atom. The summed E-state index contributed by atoms with van der Waals surface area (Å²) in [7, 11) is 2.13. The zero-order valence-corrected chi connectivity index (χ0v) is 17.6. The van der Waals surface area contributed by atoms with E-state index in [1.165, 1.54) is 11.1 Å². The fraction of sp³-hybridized carbons (Fsp3) is 0.435. The van der Waals surface area contributed by atoms with E-state index < -0.39 is 0 Å². The quantitative estimate of drug-likeness (QED) is 0.772. The Hall–Kier alpha value is -2.60. The van der Waals surface area contributed by atoms with Crippen LogP contribution in [-0.4, -0.2) is 52.5 Å². The van der Waals surface area contributed by atoms with Crippen molar-refractivity contribution in [1.82, 2.24) is 20.1 Å². The van der Waals surface area contributed by atoms with E-state index in [-0.39, 0.29) is 5.82 Å². The summed E-state index contributed by atoms with van der Waals surface area (Å²) in [5.41, 5.74) is 5.29. The molecule has 3 heterocycles. The molecule has 0 amide bonds. The predicted molar refractivity (Wildman–Crippen MR) is 115 cm³/mol. The molecule has 1 aromatic carbocycles. The lowest BCUT2D eigenvalue weighted by molar-refractivity contribution is 0.253. The van der Waals surface area contributed by atoms with Crippen molar-refractivity contribution in [2.24, 2.45) is 5.10 Å². The summed E-state index contributed by atoms with van der Waals surface area (Å²) in [6.07, 6.45) is 6.09. The summed E-state index contributed by atoms with van der Waals surface area (Å²) in [6.45, 7) is 8.96. The van der Waals surface area contributed by atoms with Gasteiger partial charge in [-0.05, 0) is 83.6 Å². The highest BCUT2D eigenvalue weighted by Crippen LogP contribution is 2.29. The number of rotatable bonds is 3. The Morgan fingerprint density at radius 2 is 1.90 bits per heavy atom. The van der Waals surface area contributed by atoms with Gasteiger partial charge in [0.15, 0.2) is 0 Å². The van der Waals surface area contributed by atoms with Crippen molar-refractivity contribution in [3.63, 3.8) is 0 Å². The van der Waals surface area contributed by atoms with E-state index in [4.69, 9.17) is 0 Å². The Labute approximate surface area is 171 Å². The van der Waals surface area contributed by atoms with Crippen LogP contribution in [0.25, 0.3) is 10.9 Å². The first-order valence-corrected chi connectivity index (χ1v) is 10.2. The van der Waals surface area contributed by atoms with Crippen molar-refractivity contribution in [3.05, 3.63) is 58.7 Å². The largest absolute Gasteiger partial charge is 0.306 e. The third-order valence-electron chi connectivity index (χ3n) is 5.54. The summed E-state index contributed by atoms with van der Waals surface area (Å²) < 4.78 is 15.0. The molecule has 152 valence electrons. The van der Waals surface area contributed by atoms with Crippen molar-refractivity contribution in [3.8, 4) is 0 Å². The van der Waals surface area contributed by atoms with Gasteiger partial charge >= 0.3 is 0 Å². The van der Waals surface area contributed by atoms with Gasteiger partial charge in [0.1, 0.15) is 5.82 Å². The van der Waals surface area contributed by atoms with Gasteiger partial charge in [0.2, 0.25) is 0 Å². The molecule has 0 radical (unpaired) electrons. The number of fused-ring (bicyclic) bond motifs is 1. The predicted octanol–water partition coefficient (Wildman–Crippen LogP) is 4.47. The standard InChI is InChI=1S/C23H28FN5/c1-15(2)13-29-14-16(3)9-22(27-29)18-10-20(24)19-12-21(25-26-23(19)11-18)17-5-7-28(4)8-6-17/h9-13,17H,5-8,14H2,1-4H3.